The summed E-state index contributed by atoms with van der Waals surface area (Å²) in [6.07, 6.45) is 1.25. The zero-order chi connectivity index (χ0) is 18.8. The second kappa shape index (κ2) is 10.6. The zero-order valence-corrected chi connectivity index (χ0v) is 15.3. The van der Waals surface area contributed by atoms with Crippen LogP contribution in [0.1, 0.15) is 17.5 Å². The van der Waals surface area contributed by atoms with Crippen LogP contribution in [0.2, 0.25) is 0 Å². The lowest BCUT2D eigenvalue weighted by atomic mass is 10.0. The van der Waals surface area contributed by atoms with Gasteiger partial charge in [0.05, 0.1) is 0 Å². The molecule has 2 amide bonds. The molecule has 0 heterocycles. The molecule has 2 N–H and O–H groups in total. The highest BCUT2D eigenvalue weighted by Gasteiger charge is 2.20. The molecule has 4 nitrogen and oxygen atoms in total. The summed E-state index contributed by atoms with van der Waals surface area (Å²) < 4.78 is 13.1. The van der Waals surface area contributed by atoms with Gasteiger partial charge in [-0.15, -0.1) is 0 Å². The number of rotatable bonds is 9. The summed E-state index contributed by atoms with van der Waals surface area (Å²) in [4.78, 5) is 24.4. The van der Waals surface area contributed by atoms with Gasteiger partial charge < -0.3 is 10.6 Å². The Morgan fingerprint density at radius 3 is 2.35 bits per heavy atom. The molecule has 0 aliphatic rings. The van der Waals surface area contributed by atoms with Crippen LogP contribution in [-0.4, -0.2) is 30.2 Å². The lowest BCUT2D eigenvalue weighted by Gasteiger charge is -2.18. The fraction of sp³-hybridized carbons (Fsp3) is 0.300. The van der Waals surface area contributed by atoms with Crippen molar-refractivity contribution in [2.24, 2.45) is 0 Å². The van der Waals surface area contributed by atoms with E-state index >= 15 is 0 Å². The molecule has 0 unspecified atom stereocenters. The number of thiol groups is 1. The minimum atomic E-state index is -0.705. The van der Waals surface area contributed by atoms with E-state index in [9.17, 15) is 14.0 Å². The number of halogens is 1. The van der Waals surface area contributed by atoms with Gasteiger partial charge >= 0.3 is 0 Å². The predicted molar refractivity (Wildman–Crippen MR) is 104 cm³/mol. The van der Waals surface area contributed by atoms with Crippen LogP contribution in [0.3, 0.4) is 0 Å². The standard InChI is InChI=1S/C20H23FN2O2S/c21-17-8-6-16(7-9-17)14-18(23-19(24)11-13-26)20(25)22-12-10-15-4-2-1-3-5-15/h1-9,18,26H,10-14H2,(H,22,25)(H,23,24)/t18-/m0/s1. The maximum Gasteiger partial charge on any atom is 0.242 e. The van der Waals surface area contributed by atoms with E-state index < -0.39 is 6.04 Å². The molecule has 0 bridgehead atoms. The fourth-order valence-electron chi connectivity index (χ4n) is 2.53. The average Bonchev–Trinajstić information content (AvgIpc) is 2.64. The van der Waals surface area contributed by atoms with Crippen molar-refractivity contribution in [2.45, 2.75) is 25.3 Å². The Bertz CT molecular complexity index is 708. The highest BCUT2D eigenvalue weighted by Crippen LogP contribution is 2.07. The Hall–Kier alpha value is -2.34. The van der Waals surface area contributed by atoms with Crippen molar-refractivity contribution in [1.29, 1.82) is 0 Å². The number of benzene rings is 2. The summed E-state index contributed by atoms with van der Waals surface area (Å²) in [7, 11) is 0. The highest BCUT2D eigenvalue weighted by molar-refractivity contribution is 7.80. The minimum Gasteiger partial charge on any atom is -0.354 e. The van der Waals surface area contributed by atoms with Gasteiger partial charge in [-0.1, -0.05) is 42.5 Å². The van der Waals surface area contributed by atoms with Gasteiger partial charge in [0.1, 0.15) is 11.9 Å². The van der Waals surface area contributed by atoms with Gasteiger partial charge in [-0.05, 0) is 35.4 Å². The molecule has 2 rings (SSSR count). The largest absolute Gasteiger partial charge is 0.354 e. The second-order valence-electron chi connectivity index (χ2n) is 5.95. The summed E-state index contributed by atoms with van der Waals surface area (Å²) in [5.74, 6) is -0.412. The lowest BCUT2D eigenvalue weighted by Crippen LogP contribution is -2.48. The van der Waals surface area contributed by atoms with E-state index in [1.807, 2.05) is 30.3 Å². The molecule has 0 radical (unpaired) electrons. The van der Waals surface area contributed by atoms with Crippen LogP contribution < -0.4 is 10.6 Å². The van der Waals surface area contributed by atoms with Crippen molar-refractivity contribution in [1.82, 2.24) is 10.6 Å². The molecule has 0 aromatic heterocycles. The third-order valence-electron chi connectivity index (χ3n) is 3.90. The summed E-state index contributed by atoms with van der Waals surface area (Å²) in [6.45, 7) is 0.477. The van der Waals surface area contributed by atoms with Crippen molar-refractivity contribution < 1.29 is 14.0 Å². The van der Waals surface area contributed by atoms with Crippen LogP contribution in [0, 0.1) is 5.82 Å². The Morgan fingerprint density at radius 2 is 1.69 bits per heavy atom. The maximum atomic E-state index is 13.1. The van der Waals surface area contributed by atoms with Crippen LogP contribution >= 0.6 is 12.6 Å². The Morgan fingerprint density at radius 1 is 1.00 bits per heavy atom. The monoisotopic (exact) mass is 374 g/mol. The molecule has 6 heteroatoms. The first-order valence-electron chi connectivity index (χ1n) is 8.55. The molecular formula is C20H23FN2O2S. The number of nitrogens with one attached hydrogen (secondary N) is 2. The number of carbonyl (C=O) groups is 2. The quantitative estimate of drug-likeness (QED) is 0.591. The number of carbonyl (C=O) groups excluding carboxylic acids is 2. The molecule has 138 valence electrons. The first-order chi connectivity index (χ1) is 12.6. The van der Waals surface area contributed by atoms with Crippen molar-refractivity contribution in [3.05, 3.63) is 71.5 Å². The van der Waals surface area contributed by atoms with Crippen molar-refractivity contribution in [3.8, 4) is 0 Å². The van der Waals surface area contributed by atoms with Crippen LogP contribution in [-0.2, 0) is 22.4 Å². The van der Waals surface area contributed by atoms with Crippen LogP contribution in [0.25, 0.3) is 0 Å². The second-order valence-corrected chi connectivity index (χ2v) is 6.40. The molecule has 0 aliphatic heterocycles. The molecular weight excluding hydrogens is 351 g/mol. The molecule has 1 atom stereocenters. The van der Waals surface area contributed by atoms with E-state index in [0.717, 1.165) is 11.1 Å². The van der Waals surface area contributed by atoms with E-state index in [4.69, 9.17) is 0 Å². The molecule has 26 heavy (non-hydrogen) atoms. The maximum absolute atomic E-state index is 13.1. The summed E-state index contributed by atoms with van der Waals surface area (Å²) >= 11 is 4.04. The van der Waals surface area contributed by atoms with Crippen LogP contribution in [0.15, 0.2) is 54.6 Å². The van der Waals surface area contributed by atoms with Gasteiger partial charge in [0.15, 0.2) is 0 Å². The van der Waals surface area contributed by atoms with Gasteiger partial charge in [-0.3, -0.25) is 9.59 Å². The summed E-state index contributed by atoms with van der Waals surface area (Å²) in [5, 5.41) is 5.60. The third kappa shape index (κ3) is 6.88. The van der Waals surface area contributed by atoms with Crippen LogP contribution in [0.4, 0.5) is 4.39 Å². The van der Waals surface area contributed by atoms with Crippen molar-refractivity contribution >= 4 is 24.4 Å². The van der Waals surface area contributed by atoms with E-state index in [-0.39, 0.29) is 24.1 Å². The Labute approximate surface area is 158 Å². The molecule has 0 saturated heterocycles. The first-order valence-corrected chi connectivity index (χ1v) is 9.18. The van der Waals surface area contributed by atoms with E-state index in [0.29, 0.717) is 25.1 Å². The Kier molecular flexibility index (Phi) is 8.15. The highest BCUT2D eigenvalue weighted by atomic mass is 32.1. The number of amides is 2. The zero-order valence-electron chi connectivity index (χ0n) is 14.5. The average molecular weight is 374 g/mol. The molecule has 0 aliphatic carbocycles. The molecule has 0 spiro atoms. The predicted octanol–water partition coefficient (Wildman–Crippen LogP) is 2.53. The van der Waals surface area contributed by atoms with Crippen molar-refractivity contribution in [2.75, 3.05) is 12.3 Å². The van der Waals surface area contributed by atoms with Gasteiger partial charge in [0.2, 0.25) is 11.8 Å². The third-order valence-corrected chi connectivity index (χ3v) is 4.12. The van der Waals surface area contributed by atoms with Gasteiger partial charge in [0, 0.05) is 19.4 Å². The SMILES string of the molecule is O=C(CCS)N[C@@H](Cc1ccc(F)cc1)C(=O)NCCc1ccccc1. The molecule has 2 aromatic carbocycles. The first kappa shape index (κ1) is 20.0. The van der Waals surface area contributed by atoms with Gasteiger partial charge in [-0.25, -0.2) is 4.39 Å². The normalized spacial score (nSPS) is 11.6. The molecule has 2 aromatic rings. The van der Waals surface area contributed by atoms with Crippen molar-refractivity contribution in [3.63, 3.8) is 0 Å². The van der Waals surface area contributed by atoms with Crippen LogP contribution in [0.5, 0.6) is 0 Å². The lowest BCUT2D eigenvalue weighted by molar-refractivity contribution is -0.128. The summed E-state index contributed by atoms with van der Waals surface area (Å²) in [6, 6.07) is 15.0. The molecule has 0 fully saturated rings. The topological polar surface area (TPSA) is 58.2 Å². The molecule has 0 saturated carbocycles. The smallest absolute Gasteiger partial charge is 0.242 e. The van der Waals surface area contributed by atoms with E-state index in [2.05, 4.69) is 23.3 Å². The fourth-order valence-corrected chi connectivity index (χ4v) is 2.73. The Balaban J connectivity index is 1.95. The minimum absolute atomic E-state index is 0.231. The van der Waals surface area contributed by atoms with Gasteiger partial charge in [0.25, 0.3) is 0 Å². The number of hydrogen-bond donors (Lipinski definition) is 3. The summed E-state index contributed by atoms with van der Waals surface area (Å²) in [5.41, 5.74) is 1.91. The van der Waals surface area contributed by atoms with E-state index in [1.54, 1.807) is 12.1 Å². The number of hydrogen-bond acceptors (Lipinski definition) is 3. The van der Waals surface area contributed by atoms with E-state index in [1.165, 1.54) is 12.1 Å². The van der Waals surface area contributed by atoms with Gasteiger partial charge in [-0.2, -0.15) is 12.6 Å².